The quantitative estimate of drug-likeness (QED) is 0.0961. The van der Waals surface area contributed by atoms with E-state index < -0.39 is 35.5 Å². The number of amides is 3. The lowest BCUT2D eigenvalue weighted by atomic mass is 9.96. The maximum Gasteiger partial charge on any atom is 0.340 e. The standard InChI is InChI=1S/C40H51ClN4O8S/c1-9-10-11-32(24-12-14-29(31(42)18-24)38(47)53-40(2,3)4)43-39(48)45-23-36(54)44(22-30-34(51-7)19-28(49-5)20-35(30)52-8)21-26(37(45)46)16-25-17-27(41)13-15-33(25)50-6/h12-15,17-20,26,32H,9-11,16,21-23,42H2,1-8H3,(H,43,48)/t26-,32+/m0/s1. The molecular weight excluding hydrogens is 732 g/mol. The van der Waals surface area contributed by atoms with Crippen LogP contribution < -0.4 is 30.0 Å². The van der Waals surface area contributed by atoms with Crippen LogP contribution in [0.25, 0.3) is 0 Å². The highest BCUT2D eigenvalue weighted by molar-refractivity contribution is 7.80. The van der Waals surface area contributed by atoms with Gasteiger partial charge in [-0.15, -0.1) is 0 Å². The molecule has 1 aliphatic heterocycles. The molecule has 292 valence electrons. The molecule has 54 heavy (non-hydrogen) atoms. The highest BCUT2D eigenvalue weighted by atomic mass is 35.5. The highest BCUT2D eigenvalue weighted by Gasteiger charge is 2.38. The van der Waals surface area contributed by atoms with Crippen molar-refractivity contribution >= 4 is 52.4 Å². The number of nitrogens with one attached hydrogen (secondary N) is 1. The Morgan fingerprint density at radius 2 is 1.65 bits per heavy atom. The van der Waals surface area contributed by atoms with Crippen LogP contribution >= 0.6 is 23.8 Å². The van der Waals surface area contributed by atoms with Crippen LogP contribution in [0.1, 0.15) is 80.0 Å². The van der Waals surface area contributed by atoms with E-state index >= 15 is 0 Å². The number of unbranched alkanes of at least 4 members (excludes halogenated alkanes) is 1. The number of ether oxygens (including phenoxy) is 5. The van der Waals surface area contributed by atoms with Gasteiger partial charge in [0.05, 0.1) is 69.6 Å². The van der Waals surface area contributed by atoms with E-state index in [1.807, 2.05) is 11.8 Å². The molecule has 3 N–H and O–H groups in total. The first-order valence-electron chi connectivity index (χ1n) is 17.8. The lowest BCUT2D eigenvalue weighted by Crippen LogP contribution is -2.48. The average Bonchev–Trinajstić information content (AvgIpc) is 3.24. The fourth-order valence-electron chi connectivity index (χ4n) is 6.33. The minimum absolute atomic E-state index is 0.149. The number of nitrogen functional groups attached to an aromatic ring is 1. The lowest BCUT2D eigenvalue weighted by molar-refractivity contribution is -0.131. The summed E-state index contributed by atoms with van der Waals surface area (Å²) in [6.07, 6.45) is 2.42. The summed E-state index contributed by atoms with van der Waals surface area (Å²) in [7, 11) is 6.21. The number of benzene rings is 3. The minimum Gasteiger partial charge on any atom is -0.496 e. The third-order valence-corrected chi connectivity index (χ3v) is 9.69. The molecule has 1 aliphatic rings. The number of halogens is 1. The maximum absolute atomic E-state index is 14.5. The number of nitrogens with zero attached hydrogens (tertiary/aromatic N) is 2. The van der Waals surface area contributed by atoms with Gasteiger partial charge in [-0.3, -0.25) is 9.69 Å². The van der Waals surface area contributed by atoms with Crippen molar-refractivity contribution in [1.82, 2.24) is 15.1 Å². The number of urea groups is 1. The number of esters is 1. The van der Waals surface area contributed by atoms with Crippen LogP contribution in [0.3, 0.4) is 0 Å². The molecule has 0 unspecified atom stereocenters. The molecule has 1 fully saturated rings. The largest absolute Gasteiger partial charge is 0.496 e. The van der Waals surface area contributed by atoms with E-state index in [1.54, 1.807) is 97.7 Å². The Balaban J connectivity index is 1.70. The van der Waals surface area contributed by atoms with Crippen LogP contribution in [0.5, 0.6) is 23.0 Å². The zero-order valence-corrected chi connectivity index (χ0v) is 33.8. The molecule has 0 radical (unpaired) electrons. The van der Waals surface area contributed by atoms with Crippen LogP contribution in [-0.4, -0.2) is 79.8 Å². The molecule has 4 rings (SSSR count). The van der Waals surface area contributed by atoms with E-state index in [0.717, 1.165) is 12.8 Å². The van der Waals surface area contributed by atoms with Gasteiger partial charge in [0.25, 0.3) is 0 Å². The Labute approximate surface area is 328 Å². The summed E-state index contributed by atoms with van der Waals surface area (Å²) in [5.41, 5.74) is 8.20. The zero-order valence-electron chi connectivity index (χ0n) is 32.2. The number of hydrogen-bond acceptors (Lipinski definition) is 10. The molecule has 2 atom stereocenters. The van der Waals surface area contributed by atoms with Gasteiger partial charge < -0.3 is 39.6 Å². The average molecular weight is 783 g/mol. The van der Waals surface area contributed by atoms with Gasteiger partial charge in [-0.2, -0.15) is 0 Å². The minimum atomic E-state index is -0.739. The van der Waals surface area contributed by atoms with Crippen molar-refractivity contribution in [2.24, 2.45) is 5.92 Å². The fourth-order valence-corrected chi connectivity index (χ4v) is 6.79. The third-order valence-electron chi connectivity index (χ3n) is 9.06. The van der Waals surface area contributed by atoms with E-state index in [-0.39, 0.29) is 37.3 Å². The molecule has 0 aliphatic carbocycles. The Morgan fingerprint density at radius 1 is 0.981 bits per heavy atom. The second kappa shape index (κ2) is 18.5. The van der Waals surface area contributed by atoms with Crippen molar-refractivity contribution in [3.8, 4) is 23.0 Å². The van der Waals surface area contributed by atoms with E-state index in [0.29, 0.717) is 56.1 Å². The maximum atomic E-state index is 14.5. The van der Waals surface area contributed by atoms with E-state index in [4.69, 9.17) is 53.2 Å². The Kier molecular flexibility index (Phi) is 14.4. The number of methoxy groups -OCH3 is 4. The molecule has 0 saturated carbocycles. The molecule has 0 spiro atoms. The lowest BCUT2D eigenvalue weighted by Gasteiger charge is -2.27. The first kappa shape index (κ1) is 42.0. The molecular formula is C40H51ClN4O8S. The van der Waals surface area contributed by atoms with Gasteiger partial charge in [-0.1, -0.05) is 49.7 Å². The van der Waals surface area contributed by atoms with Gasteiger partial charge in [-0.25, -0.2) is 9.59 Å². The second-order valence-electron chi connectivity index (χ2n) is 14.1. The highest BCUT2D eigenvalue weighted by Crippen LogP contribution is 2.36. The van der Waals surface area contributed by atoms with Crippen molar-refractivity contribution in [2.75, 3.05) is 47.3 Å². The number of thiocarbonyl (C=S) groups is 1. The van der Waals surface area contributed by atoms with Crippen LogP contribution in [0.15, 0.2) is 48.5 Å². The predicted octanol–water partition coefficient (Wildman–Crippen LogP) is 7.38. The molecule has 14 heteroatoms. The molecule has 1 heterocycles. The smallest absolute Gasteiger partial charge is 0.340 e. The Hall–Kier alpha value is -4.75. The molecule has 1 saturated heterocycles. The number of anilines is 1. The van der Waals surface area contributed by atoms with Gasteiger partial charge >= 0.3 is 12.0 Å². The second-order valence-corrected chi connectivity index (χ2v) is 15.0. The van der Waals surface area contributed by atoms with Crippen molar-refractivity contribution in [3.63, 3.8) is 0 Å². The number of nitrogens with two attached hydrogens (primary N) is 1. The number of hydrogen-bond donors (Lipinski definition) is 2. The zero-order chi connectivity index (χ0) is 39.7. The summed E-state index contributed by atoms with van der Waals surface area (Å²) in [5.74, 6) is 0.451. The SMILES string of the molecule is CCCC[C@@H](NC(=O)N1CC(=S)N(Cc2c(OC)cc(OC)cc2OC)C[C@H](Cc2cc(Cl)ccc2OC)C1=O)c1ccc(C(=O)OC(C)(C)C)c(N)c1. The molecule has 12 nitrogen and oxygen atoms in total. The van der Waals surface area contributed by atoms with Crippen LogP contribution in [-0.2, 0) is 22.5 Å². The van der Waals surface area contributed by atoms with Crippen LogP contribution in [0.2, 0.25) is 5.02 Å². The van der Waals surface area contributed by atoms with E-state index in [1.165, 1.54) is 4.90 Å². The van der Waals surface area contributed by atoms with E-state index in [9.17, 15) is 14.4 Å². The Bertz CT molecular complexity index is 1820. The van der Waals surface area contributed by atoms with Crippen molar-refractivity contribution in [1.29, 1.82) is 0 Å². The van der Waals surface area contributed by atoms with Gasteiger partial charge in [0.1, 0.15) is 28.6 Å². The van der Waals surface area contributed by atoms with Crippen LogP contribution in [0, 0.1) is 5.92 Å². The molecule has 3 aromatic rings. The van der Waals surface area contributed by atoms with Gasteiger partial charge in [0.15, 0.2) is 0 Å². The number of carbonyl (C=O) groups is 3. The van der Waals surface area contributed by atoms with E-state index in [2.05, 4.69) is 5.32 Å². The summed E-state index contributed by atoms with van der Waals surface area (Å²) in [6, 6.07) is 12.6. The summed E-state index contributed by atoms with van der Waals surface area (Å²) in [5, 5.41) is 3.56. The van der Waals surface area contributed by atoms with Crippen molar-refractivity contribution in [3.05, 3.63) is 75.8 Å². The first-order chi connectivity index (χ1) is 25.6. The molecule has 0 bridgehead atoms. The first-order valence-corrected chi connectivity index (χ1v) is 18.5. The third kappa shape index (κ3) is 10.5. The number of carbonyl (C=O) groups excluding carboxylic acids is 3. The van der Waals surface area contributed by atoms with Crippen LogP contribution in [0.4, 0.5) is 10.5 Å². The predicted molar refractivity (Wildman–Crippen MR) is 213 cm³/mol. The van der Waals surface area contributed by atoms with Crippen molar-refractivity contribution in [2.45, 2.75) is 71.6 Å². The molecule has 3 aromatic carbocycles. The fraction of sp³-hybridized carbons (Fsp3) is 0.450. The van der Waals surface area contributed by atoms with Crippen molar-refractivity contribution < 1.29 is 38.1 Å². The number of imide groups is 1. The van der Waals surface area contributed by atoms with Gasteiger partial charge in [0.2, 0.25) is 5.91 Å². The number of rotatable bonds is 14. The van der Waals surface area contributed by atoms with Gasteiger partial charge in [-0.05, 0) is 75.1 Å². The normalized spacial score (nSPS) is 15.3. The summed E-state index contributed by atoms with van der Waals surface area (Å²) in [6.45, 7) is 7.65. The summed E-state index contributed by atoms with van der Waals surface area (Å²) in [4.78, 5) is 45.1. The van der Waals surface area contributed by atoms with Gasteiger partial charge in [0, 0.05) is 29.4 Å². The summed E-state index contributed by atoms with van der Waals surface area (Å²) >= 11 is 12.4. The monoisotopic (exact) mass is 782 g/mol. The topological polar surface area (TPSA) is 142 Å². The molecule has 3 amide bonds. The summed E-state index contributed by atoms with van der Waals surface area (Å²) < 4.78 is 28.0. The molecule has 0 aromatic heterocycles. The Morgan fingerprint density at radius 3 is 2.22 bits per heavy atom.